The van der Waals surface area contributed by atoms with Crippen molar-refractivity contribution in [2.24, 2.45) is 5.92 Å². The largest absolute Gasteiger partial charge is 0.376 e. The standard InChI is InChI=1S/C20H24ClFN4O2/c21-18-9-16(22)7-6-15(18)11-26-13-19(23-24-26)20(27)25(10-14-3-1-4-14)12-17-5-2-8-28-17/h6-7,9,13-14,17H,1-5,8,10-12H2/t17-/m1/s1. The van der Waals surface area contributed by atoms with Gasteiger partial charge in [-0.25, -0.2) is 9.07 Å². The number of rotatable bonds is 7. The molecule has 2 heterocycles. The van der Waals surface area contributed by atoms with Gasteiger partial charge in [0.1, 0.15) is 5.82 Å². The minimum atomic E-state index is -0.385. The number of nitrogens with zero attached hydrogens (tertiary/aromatic N) is 4. The van der Waals surface area contributed by atoms with Crippen LogP contribution in [0.1, 0.15) is 48.2 Å². The van der Waals surface area contributed by atoms with Gasteiger partial charge in [0.25, 0.3) is 5.91 Å². The average molecular weight is 407 g/mol. The maximum Gasteiger partial charge on any atom is 0.276 e. The molecular weight excluding hydrogens is 383 g/mol. The fourth-order valence-corrected chi connectivity index (χ4v) is 3.95. The molecule has 0 bridgehead atoms. The number of hydrogen-bond donors (Lipinski definition) is 0. The van der Waals surface area contributed by atoms with Crippen LogP contribution in [0.15, 0.2) is 24.4 Å². The molecule has 0 unspecified atom stereocenters. The van der Waals surface area contributed by atoms with Gasteiger partial charge in [-0.15, -0.1) is 5.10 Å². The molecule has 1 aromatic heterocycles. The summed E-state index contributed by atoms with van der Waals surface area (Å²) in [6.45, 7) is 2.44. The van der Waals surface area contributed by atoms with Crippen molar-refractivity contribution in [2.45, 2.75) is 44.8 Å². The number of carbonyl (C=O) groups is 1. The van der Waals surface area contributed by atoms with Gasteiger partial charge in [0.15, 0.2) is 5.69 Å². The Morgan fingerprint density at radius 2 is 2.14 bits per heavy atom. The van der Waals surface area contributed by atoms with E-state index in [1.807, 2.05) is 4.90 Å². The summed E-state index contributed by atoms with van der Waals surface area (Å²) >= 11 is 6.08. The third-order valence-electron chi connectivity index (χ3n) is 5.54. The second-order valence-corrected chi connectivity index (χ2v) is 8.09. The van der Waals surface area contributed by atoms with Crippen LogP contribution >= 0.6 is 11.6 Å². The molecule has 1 aliphatic carbocycles. The first-order valence-electron chi connectivity index (χ1n) is 9.83. The highest BCUT2D eigenvalue weighted by Crippen LogP contribution is 2.28. The highest BCUT2D eigenvalue weighted by molar-refractivity contribution is 6.31. The molecule has 150 valence electrons. The summed E-state index contributed by atoms with van der Waals surface area (Å²) in [6.07, 6.45) is 7.36. The summed E-state index contributed by atoms with van der Waals surface area (Å²) in [7, 11) is 0. The molecule has 1 aromatic carbocycles. The summed E-state index contributed by atoms with van der Waals surface area (Å²) in [5, 5.41) is 8.46. The molecule has 1 aliphatic heterocycles. The normalized spacial score (nSPS) is 19.6. The lowest BCUT2D eigenvalue weighted by Crippen LogP contribution is -2.42. The number of benzene rings is 1. The molecule has 8 heteroatoms. The number of hydrogen-bond acceptors (Lipinski definition) is 4. The Bertz CT molecular complexity index is 833. The van der Waals surface area contributed by atoms with Crippen LogP contribution in [-0.2, 0) is 11.3 Å². The van der Waals surface area contributed by atoms with Crippen LogP contribution in [0.4, 0.5) is 4.39 Å². The molecule has 28 heavy (non-hydrogen) atoms. The van der Waals surface area contributed by atoms with Crippen molar-refractivity contribution in [1.29, 1.82) is 0 Å². The molecule has 2 aliphatic rings. The molecule has 1 saturated heterocycles. The molecule has 0 spiro atoms. The smallest absolute Gasteiger partial charge is 0.276 e. The summed E-state index contributed by atoms with van der Waals surface area (Å²) in [5.41, 5.74) is 1.04. The van der Waals surface area contributed by atoms with E-state index in [1.165, 1.54) is 31.4 Å². The lowest BCUT2D eigenvalue weighted by atomic mass is 9.85. The highest BCUT2D eigenvalue weighted by atomic mass is 35.5. The van der Waals surface area contributed by atoms with Gasteiger partial charge in [-0.1, -0.05) is 29.3 Å². The second-order valence-electron chi connectivity index (χ2n) is 7.68. The van der Waals surface area contributed by atoms with E-state index in [0.717, 1.165) is 31.6 Å². The highest BCUT2D eigenvalue weighted by Gasteiger charge is 2.29. The van der Waals surface area contributed by atoms with Gasteiger partial charge in [-0.3, -0.25) is 4.79 Å². The van der Waals surface area contributed by atoms with Gasteiger partial charge in [0.2, 0.25) is 0 Å². The maximum absolute atomic E-state index is 13.2. The Balaban J connectivity index is 1.45. The molecule has 4 rings (SSSR count). The van der Waals surface area contributed by atoms with Gasteiger partial charge in [-0.05, 0) is 49.3 Å². The van der Waals surface area contributed by atoms with E-state index in [9.17, 15) is 9.18 Å². The van der Waals surface area contributed by atoms with Gasteiger partial charge >= 0.3 is 0 Å². The Morgan fingerprint density at radius 1 is 1.29 bits per heavy atom. The van der Waals surface area contributed by atoms with Crippen molar-refractivity contribution in [3.05, 3.63) is 46.5 Å². The second kappa shape index (κ2) is 8.57. The molecule has 0 radical (unpaired) electrons. The zero-order valence-electron chi connectivity index (χ0n) is 15.7. The van der Waals surface area contributed by atoms with Crippen molar-refractivity contribution < 1.29 is 13.9 Å². The van der Waals surface area contributed by atoms with Crippen molar-refractivity contribution >= 4 is 17.5 Å². The van der Waals surface area contributed by atoms with E-state index in [2.05, 4.69) is 10.3 Å². The number of carbonyl (C=O) groups excluding carboxylic acids is 1. The Labute approximate surface area is 168 Å². The zero-order chi connectivity index (χ0) is 19.5. The first-order valence-corrected chi connectivity index (χ1v) is 10.2. The molecular formula is C20H24ClFN4O2. The van der Waals surface area contributed by atoms with Crippen LogP contribution in [0, 0.1) is 11.7 Å². The lowest BCUT2D eigenvalue weighted by molar-refractivity contribution is 0.0443. The molecule has 1 saturated carbocycles. The molecule has 2 aromatic rings. The van der Waals surface area contributed by atoms with Crippen molar-refractivity contribution in [1.82, 2.24) is 19.9 Å². The fourth-order valence-electron chi connectivity index (χ4n) is 3.72. The average Bonchev–Trinajstić information content (AvgIpc) is 3.31. The minimum absolute atomic E-state index is 0.108. The van der Waals surface area contributed by atoms with E-state index < -0.39 is 0 Å². The van der Waals surface area contributed by atoms with Crippen molar-refractivity contribution in [2.75, 3.05) is 19.7 Å². The fraction of sp³-hybridized carbons (Fsp3) is 0.550. The van der Waals surface area contributed by atoms with E-state index >= 15 is 0 Å². The third kappa shape index (κ3) is 4.52. The van der Waals surface area contributed by atoms with E-state index in [-0.39, 0.29) is 17.8 Å². The Kier molecular flexibility index (Phi) is 5.92. The monoisotopic (exact) mass is 406 g/mol. The van der Waals surface area contributed by atoms with Crippen molar-refractivity contribution in [3.8, 4) is 0 Å². The summed E-state index contributed by atoms with van der Waals surface area (Å²) < 4.78 is 20.5. The van der Waals surface area contributed by atoms with Gasteiger partial charge in [0.05, 0.1) is 18.8 Å². The number of aromatic nitrogens is 3. The van der Waals surface area contributed by atoms with Gasteiger partial charge in [0, 0.05) is 24.7 Å². The van der Waals surface area contributed by atoms with Crippen LogP contribution in [0.25, 0.3) is 0 Å². The van der Waals surface area contributed by atoms with Crippen LogP contribution < -0.4 is 0 Å². The molecule has 2 fully saturated rings. The van der Waals surface area contributed by atoms with Gasteiger partial charge < -0.3 is 9.64 Å². The quantitative estimate of drug-likeness (QED) is 0.705. The zero-order valence-corrected chi connectivity index (χ0v) is 16.4. The number of halogens is 2. The SMILES string of the molecule is O=C(c1cn(Cc2ccc(F)cc2Cl)nn1)N(CC1CCC1)C[C@H]1CCCO1. The predicted molar refractivity (Wildman–Crippen MR) is 103 cm³/mol. The first kappa shape index (κ1) is 19.3. The number of amides is 1. The van der Waals surface area contributed by atoms with Crippen LogP contribution in [0.5, 0.6) is 0 Å². The Hall–Kier alpha value is -1.99. The molecule has 1 atom stereocenters. The van der Waals surface area contributed by atoms with E-state index in [1.54, 1.807) is 16.9 Å². The third-order valence-corrected chi connectivity index (χ3v) is 5.90. The summed E-state index contributed by atoms with van der Waals surface area (Å²) in [5.74, 6) is 0.0706. The van der Waals surface area contributed by atoms with Crippen LogP contribution in [-0.4, -0.2) is 51.6 Å². The number of ether oxygens (including phenoxy) is 1. The first-order chi connectivity index (χ1) is 13.6. The van der Waals surface area contributed by atoms with Crippen LogP contribution in [0.3, 0.4) is 0 Å². The van der Waals surface area contributed by atoms with Crippen molar-refractivity contribution in [3.63, 3.8) is 0 Å². The van der Waals surface area contributed by atoms with Gasteiger partial charge in [-0.2, -0.15) is 0 Å². The maximum atomic E-state index is 13.2. The predicted octanol–water partition coefficient (Wildman–Crippen LogP) is 3.54. The molecule has 6 nitrogen and oxygen atoms in total. The molecule has 0 N–H and O–H groups in total. The lowest BCUT2D eigenvalue weighted by Gasteiger charge is -2.33. The summed E-state index contributed by atoms with van der Waals surface area (Å²) in [4.78, 5) is 14.9. The topological polar surface area (TPSA) is 60.2 Å². The van der Waals surface area contributed by atoms with E-state index in [4.69, 9.17) is 16.3 Å². The summed E-state index contributed by atoms with van der Waals surface area (Å²) in [6, 6.07) is 4.23. The molecule has 1 amide bonds. The van der Waals surface area contributed by atoms with E-state index in [0.29, 0.717) is 29.7 Å². The van der Waals surface area contributed by atoms with Crippen LogP contribution in [0.2, 0.25) is 5.02 Å². The Morgan fingerprint density at radius 3 is 2.82 bits per heavy atom. The minimum Gasteiger partial charge on any atom is -0.376 e.